The molecule has 0 bridgehead atoms. The number of nitrogens with zero attached hydrogens (tertiary/aromatic N) is 1. The lowest BCUT2D eigenvalue weighted by molar-refractivity contribution is -0.129. The minimum absolute atomic E-state index is 0.133. The van der Waals surface area contributed by atoms with E-state index >= 15 is 0 Å². The summed E-state index contributed by atoms with van der Waals surface area (Å²) in [5.41, 5.74) is 0.520. The molecular formula is C14H14FNO2. The van der Waals surface area contributed by atoms with Gasteiger partial charge in [-0.2, -0.15) is 5.26 Å². The highest BCUT2D eigenvalue weighted by Gasteiger charge is 2.35. The van der Waals surface area contributed by atoms with Crippen LogP contribution >= 0.6 is 0 Å². The zero-order chi connectivity index (χ0) is 13.1. The largest absolute Gasteiger partial charge is 0.370 e. The van der Waals surface area contributed by atoms with Crippen LogP contribution in [0.25, 0.3) is 0 Å². The third kappa shape index (κ3) is 2.41. The second-order valence-corrected chi connectivity index (χ2v) is 4.57. The molecule has 1 aliphatic heterocycles. The molecule has 0 aromatic heterocycles. The number of hydrogen-bond acceptors (Lipinski definition) is 3. The molecule has 0 amide bonds. The summed E-state index contributed by atoms with van der Waals surface area (Å²) in [7, 11) is 0. The van der Waals surface area contributed by atoms with E-state index in [2.05, 4.69) is 0 Å². The van der Waals surface area contributed by atoms with Crippen LogP contribution in [0.2, 0.25) is 0 Å². The summed E-state index contributed by atoms with van der Waals surface area (Å²) in [5.74, 6) is -1.35. The highest BCUT2D eigenvalue weighted by atomic mass is 19.1. The van der Waals surface area contributed by atoms with Crippen LogP contribution in [-0.4, -0.2) is 18.5 Å². The van der Waals surface area contributed by atoms with Crippen LogP contribution < -0.4 is 0 Å². The number of halogens is 1. The van der Waals surface area contributed by atoms with Crippen molar-refractivity contribution in [1.82, 2.24) is 0 Å². The van der Waals surface area contributed by atoms with Gasteiger partial charge in [0.1, 0.15) is 17.8 Å². The van der Waals surface area contributed by atoms with Gasteiger partial charge in [-0.1, -0.05) is 19.1 Å². The highest BCUT2D eigenvalue weighted by molar-refractivity contribution is 5.92. The van der Waals surface area contributed by atoms with Gasteiger partial charge in [0.25, 0.3) is 0 Å². The molecule has 0 spiro atoms. The predicted octanol–water partition coefficient (Wildman–Crippen LogP) is 2.43. The smallest absolute Gasteiger partial charge is 0.183 e. The van der Waals surface area contributed by atoms with E-state index < -0.39 is 12.0 Å². The van der Waals surface area contributed by atoms with Gasteiger partial charge in [-0.3, -0.25) is 4.79 Å². The number of carbonyl (C=O) groups excluding carboxylic acids is 1. The molecule has 1 heterocycles. The van der Waals surface area contributed by atoms with E-state index in [0.717, 1.165) is 6.42 Å². The van der Waals surface area contributed by atoms with Crippen molar-refractivity contribution in [2.24, 2.45) is 5.92 Å². The molecule has 3 unspecified atom stereocenters. The Balaban J connectivity index is 2.21. The summed E-state index contributed by atoms with van der Waals surface area (Å²) >= 11 is 0. The van der Waals surface area contributed by atoms with Crippen molar-refractivity contribution in [3.05, 3.63) is 35.6 Å². The van der Waals surface area contributed by atoms with Gasteiger partial charge >= 0.3 is 0 Å². The van der Waals surface area contributed by atoms with Crippen molar-refractivity contribution in [3.8, 4) is 6.07 Å². The minimum Gasteiger partial charge on any atom is -0.370 e. The maximum absolute atomic E-state index is 12.8. The van der Waals surface area contributed by atoms with Gasteiger partial charge in [0, 0.05) is 6.61 Å². The Bertz CT molecular complexity index is 478. The summed E-state index contributed by atoms with van der Waals surface area (Å²) in [6.07, 6.45) is 0.317. The van der Waals surface area contributed by atoms with E-state index in [-0.39, 0.29) is 17.5 Å². The van der Waals surface area contributed by atoms with Crippen LogP contribution in [0.1, 0.15) is 24.8 Å². The predicted molar refractivity (Wildman–Crippen MR) is 63.3 cm³/mol. The van der Waals surface area contributed by atoms with E-state index in [0.29, 0.717) is 12.2 Å². The summed E-state index contributed by atoms with van der Waals surface area (Å²) in [6, 6.07) is 7.44. The molecule has 0 N–H and O–H groups in total. The Morgan fingerprint density at radius 2 is 2.17 bits per heavy atom. The van der Waals surface area contributed by atoms with Crippen LogP contribution in [0.15, 0.2) is 24.3 Å². The molecule has 1 aliphatic rings. The maximum atomic E-state index is 12.8. The van der Waals surface area contributed by atoms with Gasteiger partial charge in [0.2, 0.25) is 0 Å². The first-order valence-corrected chi connectivity index (χ1v) is 5.94. The Kier molecular flexibility index (Phi) is 3.73. The Hall–Kier alpha value is -1.73. The van der Waals surface area contributed by atoms with Crippen LogP contribution in [-0.2, 0) is 9.53 Å². The molecule has 0 aliphatic carbocycles. The lowest BCUT2D eigenvalue weighted by Gasteiger charge is -2.16. The summed E-state index contributed by atoms with van der Waals surface area (Å²) in [6.45, 7) is 2.49. The Morgan fingerprint density at radius 3 is 2.67 bits per heavy atom. The molecule has 1 fully saturated rings. The number of Topliss-reactive ketones (excluding diaryl/α,β-unsaturated/α-hetero) is 1. The SMILES string of the molecule is CC1CCOC1C(=O)C(C#N)c1ccc(F)cc1. The fraction of sp³-hybridized carbons (Fsp3) is 0.429. The molecule has 1 saturated heterocycles. The number of benzene rings is 1. The van der Waals surface area contributed by atoms with E-state index in [1.165, 1.54) is 24.3 Å². The topological polar surface area (TPSA) is 50.1 Å². The van der Waals surface area contributed by atoms with Gasteiger partial charge < -0.3 is 4.74 Å². The van der Waals surface area contributed by atoms with E-state index in [1.807, 2.05) is 13.0 Å². The maximum Gasteiger partial charge on any atom is 0.183 e. The molecular weight excluding hydrogens is 233 g/mol. The van der Waals surface area contributed by atoms with Crippen LogP contribution in [0.4, 0.5) is 4.39 Å². The number of ether oxygens (including phenoxy) is 1. The van der Waals surface area contributed by atoms with Gasteiger partial charge in [-0.15, -0.1) is 0 Å². The highest BCUT2D eigenvalue weighted by Crippen LogP contribution is 2.27. The molecule has 2 rings (SSSR count). The van der Waals surface area contributed by atoms with E-state index in [1.54, 1.807) is 0 Å². The normalized spacial score (nSPS) is 24.5. The summed E-state index contributed by atoms with van der Waals surface area (Å²) in [5, 5.41) is 9.15. The zero-order valence-electron chi connectivity index (χ0n) is 10.1. The van der Waals surface area contributed by atoms with Crippen molar-refractivity contribution in [2.45, 2.75) is 25.4 Å². The fourth-order valence-corrected chi connectivity index (χ4v) is 2.18. The van der Waals surface area contributed by atoms with Gasteiger partial charge in [0.05, 0.1) is 6.07 Å². The second-order valence-electron chi connectivity index (χ2n) is 4.57. The van der Waals surface area contributed by atoms with E-state index in [4.69, 9.17) is 10.00 Å². The van der Waals surface area contributed by atoms with Crippen LogP contribution in [0.3, 0.4) is 0 Å². The molecule has 1 aromatic carbocycles. The molecule has 0 saturated carbocycles. The number of hydrogen-bond donors (Lipinski definition) is 0. The van der Waals surface area contributed by atoms with Crippen LogP contribution in [0.5, 0.6) is 0 Å². The van der Waals surface area contributed by atoms with Gasteiger partial charge in [-0.05, 0) is 30.0 Å². The average molecular weight is 247 g/mol. The molecule has 0 radical (unpaired) electrons. The van der Waals surface area contributed by atoms with Crippen molar-refractivity contribution < 1.29 is 13.9 Å². The van der Waals surface area contributed by atoms with Crippen LogP contribution in [0, 0.1) is 23.1 Å². The lowest BCUT2D eigenvalue weighted by atomic mass is 9.88. The molecule has 1 aromatic rings. The van der Waals surface area contributed by atoms with Crippen molar-refractivity contribution in [2.75, 3.05) is 6.61 Å². The number of rotatable bonds is 3. The van der Waals surface area contributed by atoms with Gasteiger partial charge in [0.15, 0.2) is 5.78 Å². The van der Waals surface area contributed by atoms with Crippen molar-refractivity contribution >= 4 is 5.78 Å². The zero-order valence-corrected chi connectivity index (χ0v) is 10.1. The Morgan fingerprint density at radius 1 is 1.50 bits per heavy atom. The number of nitriles is 1. The molecule has 18 heavy (non-hydrogen) atoms. The minimum atomic E-state index is -0.879. The average Bonchev–Trinajstić information content (AvgIpc) is 2.78. The van der Waals surface area contributed by atoms with Crippen molar-refractivity contribution in [3.63, 3.8) is 0 Å². The quantitative estimate of drug-likeness (QED) is 0.824. The number of carbonyl (C=O) groups is 1. The summed E-state index contributed by atoms with van der Waals surface area (Å²) < 4.78 is 18.2. The molecule has 94 valence electrons. The van der Waals surface area contributed by atoms with Gasteiger partial charge in [-0.25, -0.2) is 4.39 Å². The monoisotopic (exact) mass is 247 g/mol. The standard InChI is InChI=1S/C14H14FNO2/c1-9-6-7-18-14(9)13(17)12(8-16)10-2-4-11(15)5-3-10/h2-5,9,12,14H,6-7H2,1H3. The third-order valence-corrected chi connectivity index (χ3v) is 3.28. The second kappa shape index (κ2) is 5.28. The fourth-order valence-electron chi connectivity index (χ4n) is 2.18. The van der Waals surface area contributed by atoms with Crippen molar-refractivity contribution in [1.29, 1.82) is 5.26 Å². The molecule has 3 nitrogen and oxygen atoms in total. The first-order valence-electron chi connectivity index (χ1n) is 5.94. The molecule has 4 heteroatoms. The first kappa shape index (κ1) is 12.7. The summed E-state index contributed by atoms with van der Waals surface area (Å²) in [4.78, 5) is 12.2. The lowest BCUT2D eigenvalue weighted by Crippen LogP contribution is -2.29. The third-order valence-electron chi connectivity index (χ3n) is 3.28. The Labute approximate surface area is 105 Å². The molecule has 3 atom stereocenters. The number of ketones is 1. The first-order chi connectivity index (χ1) is 8.63. The van der Waals surface area contributed by atoms with E-state index in [9.17, 15) is 9.18 Å².